The number of benzene rings is 2. The molecule has 0 radical (unpaired) electrons. The molecule has 1 N–H and O–H groups in total. The van der Waals surface area contributed by atoms with E-state index in [4.69, 9.17) is 0 Å². The molecular weight excluding hydrogens is 353 g/mol. The minimum Gasteiger partial charge on any atom is -0.716 e. The maximum atomic E-state index is 11.0. The number of unbranched alkanes of at least 4 members (excludes halogenated alkanes) is 1. The molecule has 0 amide bonds. The van der Waals surface area contributed by atoms with Crippen LogP contribution >= 0.6 is 0 Å². The fraction of sp³-hybridized carbons (Fsp3) is 0.250. The number of nitrogens with zero attached hydrogens (tertiary/aromatic N) is 2. The predicted molar refractivity (Wildman–Crippen MR) is 88.3 cm³/mol. The van der Waals surface area contributed by atoms with Gasteiger partial charge in [0.1, 0.15) is 16.8 Å². The Bertz CT molecular complexity index is 972. The Morgan fingerprint density at radius 2 is 1.84 bits per heavy atom. The molecule has 9 heteroatoms. The first-order valence-electron chi connectivity index (χ1n) is 7.56. The molecule has 3 rings (SSSR count). The maximum absolute atomic E-state index is 11.0. The number of fused-ring (bicyclic) bond motifs is 1. The molecule has 3 aromatic rings. The van der Waals surface area contributed by atoms with Gasteiger partial charge in [0.15, 0.2) is 0 Å². The summed E-state index contributed by atoms with van der Waals surface area (Å²) in [6.07, 6.45) is 2.35. The van der Waals surface area contributed by atoms with E-state index in [2.05, 4.69) is 19.6 Å². The number of H-pyrrole nitrogens is 1. The van der Waals surface area contributed by atoms with E-state index in [1.54, 1.807) is 6.07 Å². The fourth-order valence-electron chi connectivity index (χ4n) is 2.70. The number of hydrogen-bond donors (Lipinski definition) is 1. The van der Waals surface area contributed by atoms with Crippen LogP contribution in [0.25, 0.3) is 22.2 Å². The third-order valence-electron chi connectivity index (χ3n) is 3.74. The topological polar surface area (TPSA) is 108 Å². The van der Waals surface area contributed by atoms with Crippen LogP contribution in [0.3, 0.4) is 0 Å². The molecule has 126 valence electrons. The predicted octanol–water partition coefficient (Wildman–Crippen LogP) is -0.189. The van der Waals surface area contributed by atoms with Crippen molar-refractivity contribution in [2.24, 2.45) is 0 Å². The van der Waals surface area contributed by atoms with E-state index < -0.39 is 10.4 Å². The van der Waals surface area contributed by atoms with Gasteiger partial charge in [-0.1, -0.05) is 37.6 Å². The van der Waals surface area contributed by atoms with Gasteiger partial charge >= 0.3 is 29.6 Å². The van der Waals surface area contributed by atoms with Gasteiger partial charge in [-0.2, -0.15) is 15.4 Å². The van der Waals surface area contributed by atoms with Gasteiger partial charge < -0.3 is 8.74 Å². The van der Waals surface area contributed by atoms with Gasteiger partial charge in [-0.25, -0.2) is 8.42 Å². The standard InChI is InChI=1S/C16H17N3O4S.Na/c1-2-3-6-12-11(7-5-10-15(12)23-24(20,21)22)13-8-4-9-14-16(13)18-19-17-14;/h4-5,7-10H,2-3,6H2,1H3,(H,17,18,19)(H,20,21,22);/q;+1/p-1. The molecule has 0 saturated heterocycles. The van der Waals surface area contributed by atoms with Crippen LogP contribution < -0.4 is 33.7 Å². The number of rotatable bonds is 6. The zero-order chi connectivity index (χ0) is 17.2. The summed E-state index contributed by atoms with van der Waals surface area (Å²) >= 11 is 0. The van der Waals surface area contributed by atoms with Crippen LogP contribution in [-0.4, -0.2) is 28.4 Å². The van der Waals surface area contributed by atoms with Gasteiger partial charge in [-0.05, 0) is 30.5 Å². The van der Waals surface area contributed by atoms with Crippen molar-refractivity contribution in [1.29, 1.82) is 0 Å². The van der Waals surface area contributed by atoms with Crippen molar-refractivity contribution in [1.82, 2.24) is 15.4 Å². The molecule has 1 aromatic heterocycles. The molecule has 7 nitrogen and oxygen atoms in total. The molecule has 0 bridgehead atoms. The Morgan fingerprint density at radius 1 is 1.12 bits per heavy atom. The summed E-state index contributed by atoms with van der Waals surface area (Å²) < 4.78 is 37.8. The first-order chi connectivity index (χ1) is 11.5. The first kappa shape index (κ1) is 19.9. The molecule has 25 heavy (non-hydrogen) atoms. The van der Waals surface area contributed by atoms with E-state index in [1.807, 2.05) is 31.2 Å². The number of para-hydroxylation sites is 1. The number of aromatic amines is 1. The molecule has 0 aliphatic rings. The van der Waals surface area contributed by atoms with Crippen molar-refractivity contribution in [3.63, 3.8) is 0 Å². The molecule has 0 fully saturated rings. The van der Waals surface area contributed by atoms with E-state index >= 15 is 0 Å². The molecule has 0 atom stereocenters. The summed E-state index contributed by atoms with van der Waals surface area (Å²) in [7, 11) is -4.84. The Balaban J connectivity index is 0.00000225. The summed E-state index contributed by atoms with van der Waals surface area (Å²) in [4.78, 5) is 0. The number of hydrogen-bond acceptors (Lipinski definition) is 6. The minimum absolute atomic E-state index is 0. The Morgan fingerprint density at radius 3 is 2.56 bits per heavy atom. The van der Waals surface area contributed by atoms with Crippen molar-refractivity contribution < 1.29 is 46.7 Å². The molecule has 0 aliphatic carbocycles. The van der Waals surface area contributed by atoms with Gasteiger partial charge in [0.2, 0.25) is 0 Å². The fourth-order valence-corrected chi connectivity index (χ4v) is 3.08. The summed E-state index contributed by atoms with van der Waals surface area (Å²) in [5, 5.41) is 10.8. The van der Waals surface area contributed by atoms with Crippen LogP contribution in [-0.2, 0) is 16.8 Å². The van der Waals surface area contributed by atoms with Gasteiger partial charge in [0.05, 0.1) is 0 Å². The smallest absolute Gasteiger partial charge is 0.716 e. The Kier molecular flexibility index (Phi) is 6.59. The minimum atomic E-state index is -4.84. The second kappa shape index (κ2) is 8.29. The van der Waals surface area contributed by atoms with Crippen LogP contribution in [0.1, 0.15) is 25.3 Å². The summed E-state index contributed by atoms with van der Waals surface area (Å²) in [6.45, 7) is 2.03. The van der Waals surface area contributed by atoms with Crippen LogP contribution in [0.15, 0.2) is 36.4 Å². The van der Waals surface area contributed by atoms with E-state index in [-0.39, 0.29) is 35.3 Å². The van der Waals surface area contributed by atoms with Crippen molar-refractivity contribution in [2.75, 3.05) is 0 Å². The third-order valence-corrected chi connectivity index (χ3v) is 4.13. The van der Waals surface area contributed by atoms with Gasteiger partial charge in [-0.3, -0.25) is 0 Å². The zero-order valence-electron chi connectivity index (χ0n) is 14.0. The van der Waals surface area contributed by atoms with Crippen LogP contribution in [0, 0.1) is 0 Å². The Hall–Kier alpha value is -1.45. The van der Waals surface area contributed by atoms with Crippen LogP contribution in [0.2, 0.25) is 0 Å². The number of aromatic nitrogens is 3. The molecule has 2 aromatic carbocycles. The normalized spacial score (nSPS) is 11.3. The van der Waals surface area contributed by atoms with Crippen LogP contribution in [0.4, 0.5) is 0 Å². The third kappa shape index (κ3) is 4.59. The van der Waals surface area contributed by atoms with Crippen molar-refractivity contribution in [2.45, 2.75) is 26.2 Å². The SMILES string of the molecule is CCCCc1c(OS(=O)(=O)[O-])cccc1-c1cccc2n[nH]nc12.[Na+]. The molecule has 0 saturated carbocycles. The summed E-state index contributed by atoms with van der Waals surface area (Å²) in [5.74, 6) is 0.0662. The Labute approximate surface area is 168 Å². The van der Waals surface area contributed by atoms with Gasteiger partial charge in [0, 0.05) is 11.1 Å². The molecule has 0 aliphatic heterocycles. The second-order valence-electron chi connectivity index (χ2n) is 5.37. The van der Waals surface area contributed by atoms with Crippen LogP contribution in [0.5, 0.6) is 5.75 Å². The van der Waals surface area contributed by atoms with E-state index in [0.717, 1.165) is 24.0 Å². The zero-order valence-corrected chi connectivity index (χ0v) is 16.8. The first-order valence-corrected chi connectivity index (χ1v) is 8.90. The molecular formula is C16H16N3NaO4S. The van der Waals surface area contributed by atoms with Crippen molar-refractivity contribution in [3.05, 3.63) is 42.0 Å². The molecule has 0 unspecified atom stereocenters. The maximum Gasteiger partial charge on any atom is 1.00 e. The molecule has 1 heterocycles. The second-order valence-corrected chi connectivity index (χ2v) is 6.36. The quantitative estimate of drug-likeness (QED) is 0.367. The van der Waals surface area contributed by atoms with E-state index in [1.165, 1.54) is 6.07 Å². The summed E-state index contributed by atoms with van der Waals surface area (Å²) in [5.41, 5.74) is 3.65. The largest absolute Gasteiger partial charge is 1.00 e. The average molecular weight is 369 g/mol. The van der Waals surface area contributed by atoms with Gasteiger partial charge in [0.25, 0.3) is 10.4 Å². The number of nitrogens with one attached hydrogen (secondary N) is 1. The van der Waals surface area contributed by atoms with E-state index in [0.29, 0.717) is 23.0 Å². The monoisotopic (exact) mass is 369 g/mol. The average Bonchev–Trinajstić information content (AvgIpc) is 3.00. The van der Waals surface area contributed by atoms with Crippen molar-refractivity contribution >= 4 is 21.4 Å². The van der Waals surface area contributed by atoms with Gasteiger partial charge in [-0.15, -0.1) is 0 Å². The van der Waals surface area contributed by atoms with E-state index in [9.17, 15) is 13.0 Å². The summed E-state index contributed by atoms with van der Waals surface area (Å²) in [6, 6.07) is 10.6. The van der Waals surface area contributed by atoms with Crippen molar-refractivity contribution in [3.8, 4) is 16.9 Å². The molecule has 0 spiro atoms.